The molecular weight excluding hydrogens is 102 g/mol. The van der Waals surface area contributed by atoms with E-state index in [4.69, 9.17) is 4.74 Å². The molecule has 2 nitrogen and oxygen atoms in total. The molecule has 1 aliphatic heterocycles. The predicted molar refractivity (Wildman–Crippen MR) is 32.9 cm³/mol. The van der Waals surface area contributed by atoms with Crippen molar-refractivity contribution in [1.29, 1.82) is 0 Å². The molecule has 2 atom stereocenters. The van der Waals surface area contributed by atoms with Crippen LogP contribution in [0, 0.1) is 0 Å². The Morgan fingerprint density at radius 1 is 1.62 bits per heavy atom. The van der Waals surface area contributed by atoms with Crippen molar-refractivity contribution in [3.63, 3.8) is 0 Å². The SMILES string of the molecule is C[C@@H](C1CO1)N(C)C. The van der Waals surface area contributed by atoms with E-state index >= 15 is 0 Å². The first-order chi connectivity index (χ1) is 3.72. The third kappa shape index (κ3) is 1.20. The molecule has 0 spiro atoms. The molecule has 1 unspecified atom stereocenters. The number of hydrogen-bond donors (Lipinski definition) is 0. The van der Waals surface area contributed by atoms with E-state index in [1.54, 1.807) is 0 Å². The molecule has 0 radical (unpaired) electrons. The molecule has 1 aliphatic rings. The summed E-state index contributed by atoms with van der Waals surface area (Å²) in [5.74, 6) is 0. The molecule has 1 saturated heterocycles. The van der Waals surface area contributed by atoms with Gasteiger partial charge in [0.15, 0.2) is 0 Å². The number of nitrogens with zero attached hydrogens (tertiary/aromatic N) is 1. The van der Waals surface area contributed by atoms with Crippen molar-refractivity contribution in [2.45, 2.75) is 19.1 Å². The van der Waals surface area contributed by atoms with Gasteiger partial charge >= 0.3 is 0 Å². The second-order valence-electron chi connectivity index (χ2n) is 2.58. The van der Waals surface area contributed by atoms with Crippen LogP contribution in [0.15, 0.2) is 0 Å². The quantitative estimate of drug-likeness (QED) is 0.482. The summed E-state index contributed by atoms with van der Waals surface area (Å²) in [4.78, 5) is 2.18. The van der Waals surface area contributed by atoms with E-state index in [0.717, 1.165) is 6.61 Å². The Morgan fingerprint density at radius 2 is 2.12 bits per heavy atom. The number of hydrogen-bond acceptors (Lipinski definition) is 2. The molecule has 0 aromatic rings. The van der Waals surface area contributed by atoms with Gasteiger partial charge in [-0.15, -0.1) is 0 Å². The van der Waals surface area contributed by atoms with E-state index in [9.17, 15) is 0 Å². The standard InChI is InChI=1S/C6H13NO/c1-5(7(2)3)6-4-8-6/h5-6H,4H2,1-3H3/t5-,6?/m0/s1. The summed E-state index contributed by atoms with van der Waals surface area (Å²) in [7, 11) is 4.15. The van der Waals surface area contributed by atoms with Crippen LogP contribution in [0.1, 0.15) is 6.92 Å². The van der Waals surface area contributed by atoms with E-state index in [0.29, 0.717) is 12.1 Å². The summed E-state index contributed by atoms with van der Waals surface area (Å²) in [6, 6.07) is 0.593. The third-order valence-electron chi connectivity index (χ3n) is 1.71. The average Bonchev–Trinajstić information content (AvgIpc) is 2.43. The largest absolute Gasteiger partial charge is 0.371 e. The molecule has 0 aromatic heterocycles. The number of rotatable bonds is 2. The van der Waals surface area contributed by atoms with Crippen LogP contribution in [0.5, 0.6) is 0 Å². The molecule has 0 saturated carbocycles. The highest BCUT2D eigenvalue weighted by molar-refractivity contribution is 4.80. The zero-order valence-electron chi connectivity index (χ0n) is 5.72. The van der Waals surface area contributed by atoms with Crippen LogP contribution in [0.2, 0.25) is 0 Å². The predicted octanol–water partition coefficient (Wildman–Crippen LogP) is 0.335. The number of epoxide rings is 1. The molecule has 1 rings (SSSR count). The zero-order valence-corrected chi connectivity index (χ0v) is 5.72. The summed E-state index contributed by atoms with van der Waals surface area (Å²) in [6.07, 6.45) is 0.519. The van der Waals surface area contributed by atoms with Gasteiger partial charge < -0.3 is 9.64 Å². The van der Waals surface area contributed by atoms with Crippen molar-refractivity contribution in [2.75, 3.05) is 20.7 Å². The van der Waals surface area contributed by atoms with Gasteiger partial charge in [-0.25, -0.2) is 0 Å². The molecule has 0 aromatic carbocycles. The summed E-state index contributed by atoms with van der Waals surface area (Å²) < 4.78 is 5.09. The lowest BCUT2D eigenvalue weighted by molar-refractivity contribution is 0.246. The lowest BCUT2D eigenvalue weighted by Gasteiger charge is -2.16. The summed E-state index contributed by atoms with van der Waals surface area (Å²) in [5, 5.41) is 0. The molecule has 0 amide bonds. The highest BCUT2D eigenvalue weighted by Gasteiger charge is 2.30. The second kappa shape index (κ2) is 2.03. The Balaban J connectivity index is 2.22. The number of ether oxygens (including phenoxy) is 1. The second-order valence-corrected chi connectivity index (χ2v) is 2.58. The van der Waals surface area contributed by atoms with Crippen molar-refractivity contribution in [3.05, 3.63) is 0 Å². The molecule has 2 heteroatoms. The van der Waals surface area contributed by atoms with Gasteiger partial charge in [0.05, 0.1) is 12.7 Å². The van der Waals surface area contributed by atoms with Crippen LogP contribution < -0.4 is 0 Å². The van der Waals surface area contributed by atoms with Gasteiger partial charge in [-0.1, -0.05) is 0 Å². The van der Waals surface area contributed by atoms with Gasteiger partial charge in [-0.2, -0.15) is 0 Å². The van der Waals surface area contributed by atoms with Crippen LogP contribution in [0.4, 0.5) is 0 Å². The Hall–Kier alpha value is -0.0800. The van der Waals surface area contributed by atoms with Crippen molar-refractivity contribution >= 4 is 0 Å². The van der Waals surface area contributed by atoms with Crippen LogP contribution in [-0.2, 0) is 4.74 Å². The normalized spacial score (nSPS) is 30.8. The number of likely N-dealkylation sites (N-methyl/N-ethyl adjacent to an activating group) is 1. The summed E-state index contributed by atoms with van der Waals surface area (Å²) >= 11 is 0. The highest BCUT2D eigenvalue weighted by atomic mass is 16.6. The van der Waals surface area contributed by atoms with E-state index in [1.165, 1.54) is 0 Å². The monoisotopic (exact) mass is 115 g/mol. The Bertz CT molecular complexity index is 76.6. The molecule has 48 valence electrons. The maximum absolute atomic E-state index is 5.09. The maximum Gasteiger partial charge on any atom is 0.0961 e. The summed E-state index contributed by atoms with van der Waals surface area (Å²) in [5.41, 5.74) is 0. The van der Waals surface area contributed by atoms with Crippen LogP contribution >= 0.6 is 0 Å². The summed E-state index contributed by atoms with van der Waals surface area (Å²) in [6.45, 7) is 3.14. The molecule has 1 fully saturated rings. The Labute approximate surface area is 50.4 Å². The van der Waals surface area contributed by atoms with Crippen LogP contribution in [0.25, 0.3) is 0 Å². The topological polar surface area (TPSA) is 15.8 Å². The Morgan fingerprint density at radius 3 is 2.25 bits per heavy atom. The van der Waals surface area contributed by atoms with E-state index < -0.39 is 0 Å². The van der Waals surface area contributed by atoms with Crippen LogP contribution in [0.3, 0.4) is 0 Å². The van der Waals surface area contributed by atoms with E-state index in [2.05, 4.69) is 25.9 Å². The fraction of sp³-hybridized carbons (Fsp3) is 1.00. The van der Waals surface area contributed by atoms with Crippen molar-refractivity contribution in [3.8, 4) is 0 Å². The molecule has 0 bridgehead atoms. The first-order valence-corrected chi connectivity index (χ1v) is 3.00. The van der Waals surface area contributed by atoms with Crippen LogP contribution in [-0.4, -0.2) is 37.7 Å². The fourth-order valence-corrected chi connectivity index (χ4v) is 0.667. The van der Waals surface area contributed by atoms with E-state index in [-0.39, 0.29) is 0 Å². The highest BCUT2D eigenvalue weighted by Crippen LogP contribution is 2.16. The first kappa shape index (κ1) is 6.05. The Kier molecular flexibility index (Phi) is 1.54. The molecular formula is C6H13NO. The molecule has 8 heavy (non-hydrogen) atoms. The fourth-order valence-electron chi connectivity index (χ4n) is 0.667. The third-order valence-corrected chi connectivity index (χ3v) is 1.71. The minimum absolute atomic E-state index is 0.519. The van der Waals surface area contributed by atoms with Crippen molar-refractivity contribution in [1.82, 2.24) is 4.90 Å². The van der Waals surface area contributed by atoms with Gasteiger partial charge in [0.1, 0.15) is 0 Å². The average molecular weight is 115 g/mol. The van der Waals surface area contributed by atoms with Gasteiger partial charge in [0.2, 0.25) is 0 Å². The van der Waals surface area contributed by atoms with Gasteiger partial charge in [-0.05, 0) is 21.0 Å². The van der Waals surface area contributed by atoms with Crippen molar-refractivity contribution < 1.29 is 4.74 Å². The van der Waals surface area contributed by atoms with E-state index in [1.807, 2.05) is 0 Å². The molecule has 0 aliphatic carbocycles. The lowest BCUT2D eigenvalue weighted by atomic mass is 10.2. The smallest absolute Gasteiger partial charge is 0.0961 e. The van der Waals surface area contributed by atoms with Crippen molar-refractivity contribution in [2.24, 2.45) is 0 Å². The zero-order chi connectivity index (χ0) is 6.15. The molecule has 1 heterocycles. The van der Waals surface area contributed by atoms with Gasteiger partial charge in [0.25, 0.3) is 0 Å². The van der Waals surface area contributed by atoms with Gasteiger partial charge in [0, 0.05) is 6.04 Å². The maximum atomic E-state index is 5.09. The first-order valence-electron chi connectivity index (χ1n) is 3.00. The minimum atomic E-state index is 0.519. The lowest BCUT2D eigenvalue weighted by Crippen LogP contribution is -2.29. The molecule has 0 N–H and O–H groups in total. The minimum Gasteiger partial charge on any atom is -0.371 e. The van der Waals surface area contributed by atoms with Gasteiger partial charge in [-0.3, -0.25) is 0 Å².